The molecule has 1 amide bonds. The third-order valence-electron chi connectivity index (χ3n) is 3.54. The van der Waals surface area contributed by atoms with Gasteiger partial charge in [0.2, 0.25) is 0 Å². The van der Waals surface area contributed by atoms with Crippen LogP contribution in [0.1, 0.15) is 23.8 Å². The molecule has 2 heterocycles. The van der Waals surface area contributed by atoms with Crippen molar-refractivity contribution in [3.8, 4) is 22.1 Å². The van der Waals surface area contributed by atoms with E-state index in [9.17, 15) is 4.79 Å². The summed E-state index contributed by atoms with van der Waals surface area (Å²) in [5.74, 6) is 1.33. The molecule has 0 fully saturated rings. The summed E-state index contributed by atoms with van der Waals surface area (Å²) in [6, 6.07) is 5.72. The fraction of sp³-hybridized carbons (Fsp3) is 0.412. The molecule has 3 rings (SSSR count). The van der Waals surface area contributed by atoms with E-state index in [2.05, 4.69) is 22.5 Å². The van der Waals surface area contributed by atoms with Crippen molar-refractivity contribution in [3.05, 3.63) is 29.3 Å². The van der Waals surface area contributed by atoms with Crippen LogP contribution < -0.4 is 20.1 Å². The Labute approximate surface area is 169 Å². The van der Waals surface area contributed by atoms with Crippen LogP contribution in [0.4, 0.5) is 0 Å². The topological polar surface area (TPSA) is 72.5 Å². The molecule has 0 aliphatic carbocycles. The molecule has 2 aromatic rings. The second kappa shape index (κ2) is 11.2. The lowest BCUT2D eigenvalue weighted by Crippen LogP contribution is -2.32. The summed E-state index contributed by atoms with van der Waals surface area (Å²) in [5, 5.41) is 8.69. The van der Waals surface area contributed by atoms with Crippen molar-refractivity contribution < 1.29 is 14.3 Å². The standard InChI is InChI=1S/C17H21N3O3S.2ClH/c1-2-5-18-6-7-19-16(21)13-11-24-17(20-13)12-3-4-14-15(10-12)23-9-8-22-14;;/h3-4,10-11,18H,2,5-9H2,1H3,(H,19,21);2*1H. The Morgan fingerprint density at radius 3 is 2.69 bits per heavy atom. The van der Waals surface area contributed by atoms with E-state index in [1.807, 2.05) is 18.2 Å². The van der Waals surface area contributed by atoms with Crippen LogP contribution in [0.3, 0.4) is 0 Å². The Balaban J connectivity index is 0.00000169. The molecular weight excluding hydrogens is 397 g/mol. The number of aromatic nitrogens is 1. The van der Waals surface area contributed by atoms with Crippen molar-refractivity contribution in [1.82, 2.24) is 15.6 Å². The van der Waals surface area contributed by atoms with Gasteiger partial charge in [0.15, 0.2) is 11.5 Å². The summed E-state index contributed by atoms with van der Waals surface area (Å²) >= 11 is 1.45. The highest BCUT2D eigenvalue weighted by Crippen LogP contribution is 2.35. The third-order valence-corrected chi connectivity index (χ3v) is 4.43. The van der Waals surface area contributed by atoms with Gasteiger partial charge in [-0.2, -0.15) is 0 Å². The van der Waals surface area contributed by atoms with E-state index >= 15 is 0 Å². The van der Waals surface area contributed by atoms with Crippen LogP contribution in [0.25, 0.3) is 10.6 Å². The Hall–Kier alpha value is -1.54. The smallest absolute Gasteiger partial charge is 0.270 e. The molecule has 0 unspecified atom stereocenters. The van der Waals surface area contributed by atoms with Crippen LogP contribution in [0, 0.1) is 0 Å². The van der Waals surface area contributed by atoms with Crippen LogP contribution in [0.15, 0.2) is 23.6 Å². The van der Waals surface area contributed by atoms with Gasteiger partial charge in [-0.1, -0.05) is 6.92 Å². The van der Waals surface area contributed by atoms with Crippen molar-refractivity contribution in [3.63, 3.8) is 0 Å². The van der Waals surface area contributed by atoms with Crippen molar-refractivity contribution in [2.24, 2.45) is 0 Å². The second-order valence-electron chi connectivity index (χ2n) is 5.40. The zero-order valence-corrected chi connectivity index (χ0v) is 16.9. The Kier molecular flexibility index (Phi) is 9.72. The summed E-state index contributed by atoms with van der Waals surface area (Å²) < 4.78 is 11.1. The minimum Gasteiger partial charge on any atom is -0.486 e. The van der Waals surface area contributed by atoms with E-state index in [1.165, 1.54) is 11.3 Å². The molecule has 0 radical (unpaired) electrons. The summed E-state index contributed by atoms with van der Waals surface area (Å²) in [7, 11) is 0. The third kappa shape index (κ3) is 5.74. The number of benzene rings is 1. The number of nitrogens with one attached hydrogen (secondary N) is 2. The number of carbonyl (C=O) groups excluding carboxylic acids is 1. The van der Waals surface area contributed by atoms with Gasteiger partial charge >= 0.3 is 0 Å². The first kappa shape index (κ1) is 22.5. The maximum atomic E-state index is 12.1. The average molecular weight is 420 g/mol. The Morgan fingerprint density at radius 1 is 1.15 bits per heavy atom. The van der Waals surface area contributed by atoms with Gasteiger partial charge in [0.25, 0.3) is 5.91 Å². The van der Waals surface area contributed by atoms with Crippen molar-refractivity contribution >= 4 is 42.1 Å². The van der Waals surface area contributed by atoms with E-state index in [4.69, 9.17) is 9.47 Å². The van der Waals surface area contributed by atoms with Gasteiger partial charge in [0.1, 0.15) is 23.9 Å². The second-order valence-corrected chi connectivity index (χ2v) is 6.26. The van der Waals surface area contributed by atoms with E-state index < -0.39 is 0 Å². The number of amides is 1. The molecule has 1 aromatic carbocycles. The SMILES string of the molecule is CCCNCCNC(=O)c1csc(-c2ccc3c(c2)OCCO3)n1.Cl.Cl. The molecular formula is C17H23Cl2N3O3S. The van der Waals surface area contributed by atoms with Gasteiger partial charge in [0, 0.05) is 24.0 Å². The van der Waals surface area contributed by atoms with Gasteiger partial charge in [-0.15, -0.1) is 36.2 Å². The van der Waals surface area contributed by atoms with Crippen molar-refractivity contribution in [2.45, 2.75) is 13.3 Å². The predicted molar refractivity (Wildman–Crippen MR) is 109 cm³/mol. The lowest BCUT2D eigenvalue weighted by atomic mass is 10.2. The number of nitrogens with zero attached hydrogens (tertiary/aromatic N) is 1. The molecule has 0 spiro atoms. The highest BCUT2D eigenvalue weighted by atomic mass is 35.5. The maximum absolute atomic E-state index is 12.1. The largest absolute Gasteiger partial charge is 0.486 e. The number of halogens is 2. The van der Waals surface area contributed by atoms with Crippen LogP contribution in [-0.4, -0.2) is 43.7 Å². The summed E-state index contributed by atoms with van der Waals surface area (Å²) in [5.41, 5.74) is 1.37. The van der Waals surface area contributed by atoms with Crippen LogP contribution in [0.2, 0.25) is 0 Å². The van der Waals surface area contributed by atoms with Gasteiger partial charge in [-0.25, -0.2) is 4.98 Å². The normalized spacial score (nSPS) is 11.9. The number of thiazole rings is 1. The molecule has 0 saturated carbocycles. The Morgan fingerprint density at radius 2 is 1.92 bits per heavy atom. The number of fused-ring (bicyclic) bond motifs is 1. The van der Waals surface area contributed by atoms with Crippen LogP contribution >= 0.6 is 36.2 Å². The first-order valence-corrected chi connectivity index (χ1v) is 9.00. The molecule has 144 valence electrons. The fourth-order valence-electron chi connectivity index (χ4n) is 2.34. The molecule has 0 atom stereocenters. The number of ether oxygens (including phenoxy) is 2. The minimum absolute atomic E-state index is 0. The molecule has 6 nitrogen and oxygen atoms in total. The maximum Gasteiger partial charge on any atom is 0.270 e. The lowest BCUT2D eigenvalue weighted by molar-refractivity contribution is 0.0949. The van der Waals surface area contributed by atoms with E-state index in [1.54, 1.807) is 5.38 Å². The monoisotopic (exact) mass is 419 g/mol. The molecule has 2 N–H and O–H groups in total. The zero-order chi connectivity index (χ0) is 16.8. The number of rotatable bonds is 7. The van der Waals surface area contributed by atoms with Crippen LogP contribution in [-0.2, 0) is 0 Å². The van der Waals surface area contributed by atoms with Gasteiger partial charge in [0.05, 0.1) is 0 Å². The molecule has 0 bridgehead atoms. The zero-order valence-electron chi connectivity index (χ0n) is 14.4. The summed E-state index contributed by atoms with van der Waals surface area (Å²) in [6.45, 7) is 5.55. The highest BCUT2D eigenvalue weighted by Gasteiger charge is 2.15. The van der Waals surface area contributed by atoms with E-state index in [0.717, 1.165) is 41.6 Å². The van der Waals surface area contributed by atoms with Gasteiger partial charge < -0.3 is 20.1 Å². The Bertz CT molecular complexity index is 712. The first-order valence-electron chi connectivity index (χ1n) is 8.12. The average Bonchev–Trinajstić information content (AvgIpc) is 3.11. The summed E-state index contributed by atoms with van der Waals surface area (Å²) in [4.78, 5) is 16.5. The molecule has 26 heavy (non-hydrogen) atoms. The van der Waals surface area contributed by atoms with Gasteiger partial charge in [-0.05, 0) is 31.2 Å². The number of hydrogen-bond donors (Lipinski definition) is 2. The van der Waals surface area contributed by atoms with Gasteiger partial charge in [-0.3, -0.25) is 4.79 Å². The predicted octanol–water partition coefficient (Wildman–Crippen LogP) is 3.15. The van der Waals surface area contributed by atoms with Crippen molar-refractivity contribution in [1.29, 1.82) is 0 Å². The summed E-state index contributed by atoms with van der Waals surface area (Å²) in [6.07, 6.45) is 1.08. The molecule has 9 heteroatoms. The highest BCUT2D eigenvalue weighted by molar-refractivity contribution is 7.13. The first-order chi connectivity index (χ1) is 11.8. The lowest BCUT2D eigenvalue weighted by Gasteiger charge is -2.18. The molecule has 1 aliphatic rings. The van der Waals surface area contributed by atoms with E-state index in [0.29, 0.717) is 25.5 Å². The van der Waals surface area contributed by atoms with E-state index in [-0.39, 0.29) is 30.7 Å². The number of carbonyl (C=O) groups is 1. The molecule has 1 aromatic heterocycles. The minimum atomic E-state index is -0.145. The van der Waals surface area contributed by atoms with Crippen LogP contribution in [0.5, 0.6) is 11.5 Å². The van der Waals surface area contributed by atoms with Crippen molar-refractivity contribution in [2.75, 3.05) is 32.8 Å². The fourth-order valence-corrected chi connectivity index (χ4v) is 3.14. The molecule has 1 aliphatic heterocycles. The molecule has 0 saturated heterocycles. The number of hydrogen-bond acceptors (Lipinski definition) is 6. The quantitative estimate of drug-likeness (QED) is 0.674.